The molecule has 2 aromatic rings. The predicted molar refractivity (Wildman–Crippen MR) is 95.6 cm³/mol. The van der Waals surface area contributed by atoms with Crippen molar-refractivity contribution in [2.75, 3.05) is 12.4 Å². The van der Waals surface area contributed by atoms with Gasteiger partial charge < -0.3 is 10.6 Å². The van der Waals surface area contributed by atoms with E-state index < -0.39 is 10.8 Å². The lowest BCUT2D eigenvalue weighted by atomic mass is 10.2. The molecule has 0 saturated heterocycles. The molecule has 0 aliphatic carbocycles. The van der Waals surface area contributed by atoms with E-state index in [1.807, 2.05) is 0 Å². The fraction of sp³-hybridized carbons (Fsp3) is 0.0588. The van der Waals surface area contributed by atoms with Gasteiger partial charge in [-0.05, 0) is 42.0 Å². The number of carbonyl (C=O) groups is 2. The molecular formula is C17H14ClN3O4. The number of nitro benzene ring substituents is 1. The van der Waals surface area contributed by atoms with Gasteiger partial charge in [0.2, 0.25) is 5.91 Å². The second-order valence-electron chi connectivity index (χ2n) is 4.95. The van der Waals surface area contributed by atoms with Crippen LogP contribution in [0.4, 0.5) is 11.4 Å². The summed E-state index contributed by atoms with van der Waals surface area (Å²) < 4.78 is 0. The standard InChI is InChI=1S/C17H14ClN3O4/c1-19-17(23)12-4-6-13(7-5-12)20-16(22)9-3-11-2-8-14(18)15(10-11)21(24)25/h2-10H,1H3,(H,19,23)(H,20,22)/b9-3+. The lowest BCUT2D eigenvalue weighted by molar-refractivity contribution is -0.384. The Balaban J connectivity index is 2.05. The summed E-state index contributed by atoms with van der Waals surface area (Å²) in [6.07, 6.45) is 2.69. The Labute approximate surface area is 148 Å². The van der Waals surface area contributed by atoms with Crippen molar-refractivity contribution in [3.8, 4) is 0 Å². The number of hydrogen-bond donors (Lipinski definition) is 2. The summed E-state index contributed by atoms with van der Waals surface area (Å²) in [4.78, 5) is 33.6. The van der Waals surface area contributed by atoms with Gasteiger partial charge in [0, 0.05) is 30.4 Å². The zero-order valence-corrected chi connectivity index (χ0v) is 13.9. The van der Waals surface area contributed by atoms with Crippen molar-refractivity contribution in [2.24, 2.45) is 0 Å². The number of carbonyl (C=O) groups excluding carboxylic acids is 2. The van der Waals surface area contributed by atoms with Crippen LogP contribution < -0.4 is 10.6 Å². The molecule has 0 radical (unpaired) electrons. The van der Waals surface area contributed by atoms with Crippen molar-refractivity contribution in [3.63, 3.8) is 0 Å². The van der Waals surface area contributed by atoms with Crippen LogP contribution in [0.2, 0.25) is 5.02 Å². The molecule has 0 unspecified atom stereocenters. The number of benzene rings is 2. The van der Waals surface area contributed by atoms with Crippen molar-refractivity contribution in [1.29, 1.82) is 0 Å². The van der Waals surface area contributed by atoms with Gasteiger partial charge in [-0.15, -0.1) is 0 Å². The van der Waals surface area contributed by atoms with E-state index in [0.717, 1.165) is 0 Å². The van der Waals surface area contributed by atoms with Crippen LogP contribution in [0.25, 0.3) is 6.08 Å². The van der Waals surface area contributed by atoms with Gasteiger partial charge in [-0.2, -0.15) is 0 Å². The minimum Gasteiger partial charge on any atom is -0.355 e. The Morgan fingerprint density at radius 1 is 1.16 bits per heavy atom. The third-order valence-corrected chi connectivity index (χ3v) is 3.56. The molecule has 0 bridgehead atoms. The number of hydrogen-bond acceptors (Lipinski definition) is 4. The van der Waals surface area contributed by atoms with Crippen LogP contribution in [-0.2, 0) is 4.79 Å². The number of nitrogens with zero attached hydrogens (tertiary/aromatic N) is 1. The largest absolute Gasteiger partial charge is 0.355 e. The first-order valence-corrected chi connectivity index (χ1v) is 7.53. The maximum atomic E-state index is 11.9. The van der Waals surface area contributed by atoms with E-state index in [0.29, 0.717) is 16.8 Å². The van der Waals surface area contributed by atoms with E-state index in [9.17, 15) is 19.7 Å². The molecule has 0 saturated carbocycles. The minimum absolute atomic E-state index is 0.0304. The van der Waals surface area contributed by atoms with Crippen LogP contribution in [0.15, 0.2) is 48.5 Å². The Morgan fingerprint density at radius 3 is 2.44 bits per heavy atom. The molecule has 2 N–H and O–H groups in total. The normalized spacial score (nSPS) is 10.5. The highest BCUT2D eigenvalue weighted by Gasteiger charge is 2.11. The van der Waals surface area contributed by atoms with Gasteiger partial charge in [-0.3, -0.25) is 19.7 Å². The average Bonchev–Trinajstić information content (AvgIpc) is 2.60. The molecule has 7 nitrogen and oxygen atoms in total. The van der Waals surface area contributed by atoms with Crippen LogP contribution in [-0.4, -0.2) is 23.8 Å². The Kier molecular flexibility index (Phi) is 5.86. The fourth-order valence-corrected chi connectivity index (χ4v) is 2.16. The predicted octanol–water partition coefficient (Wildman–Crippen LogP) is 3.26. The molecule has 0 heterocycles. The van der Waals surface area contributed by atoms with E-state index in [4.69, 9.17) is 11.6 Å². The second kappa shape index (κ2) is 8.07. The minimum atomic E-state index is -0.590. The van der Waals surface area contributed by atoms with Crippen molar-refractivity contribution >= 4 is 40.9 Å². The molecule has 0 aromatic heterocycles. The first-order valence-electron chi connectivity index (χ1n) is 7.16. The SMILES string of the molecule is CNC(=O)c1ccc(NC(=O)/C=C/c2ccc(Cl)c([N+](=O)[O-])c2)cc1. The first kappa shape index (κ1) is 18.2. The van der Waals surface area contributed by atoms with Crippen LogP contribution >= 0.6 is 11.6 Å². The van der Waals surface area contributed by atoms with Crippen molar-refractivity contribution < 1.29 is 14.5 Å². The summed E-state index contributed by atoms with van der Waals surface area (Å²) >= 11 is 5.73. The van der Waals surface area contributed by atoms with Gasteiger partial charge in [0.25, 0.3) is 11.6 Å². The molecule has 128 valence electrons. The number of halogens is 1. The summed E-state index contributed by atoms with van der Waals surface area (Å²) in [7, 11) is 1.53. The van der Waals surface area contributed by atoms with Crippen LogP contribution in [0.5, 0.6) is 0 Å². The van der Waals surface area contributed by atoms with Gasteiger partial charge >= 0.3 is 0 Å². The number of nitro groups is 1. The Hall–Kier alpha value is -3.19. The highest BCUT2D eigenvalue weighted by molar-refractivity contribution is 6.32. The van der Waals surface area contributed by atoms with Crippen molar-refractivity contribution in [2.45, 2.75) is 0 Å². The van der Waals surface area contributed by atoms with E-state index in [1.165, 1.54) is 31.3 Å². The average molecular weight is 360 g/mol. The Bertz CT molecular complexity index is 847. The number of nitrogens with one attached hydrogen (secondary N) is 2. The van der Waals surface area contributed by atoms with Gasteiger partial charge in [0.1, 0.15) is 5.02 Å². The molecule has 2 rings (SSSR count). The van der Waals surface area contributed by atoms with E-state index >= 15 is 0 Å². The molecule has 0 spiro atoms. The quantitative estimate of drug-likeness (QED) is 0.486. The summed E-state index contributed by atoms with van der Waals surface area (Å²) in [5, 5.41) is 16.0. The first-order chi connectivity index (χ1) is 11.9. The summed E-state index contributed by atoms with van der Waals surface area (Å²) in [5.41, 5.74) is 1.24. The van der Waals surface area contributed by atoms with Crippen LogP contribution in [0.1, 0.15) is 15.9 Å². The van der Waals surface area contributed by atoms with Crippen molar-refractivity contribution in [3.05, 3.63) is 74.8 Å². The maximum absolute atomic E-state index is 11.9. The Morgan fingerprint density at radius 2 is 1.84 bits per heavy atom. The van der Waals surface area contributed by atoms with Crippen molar-refractivity contribution in [1.82, 2.24) is 5.32 Å². The van der Waals surface area contributed by atoms with Gasteiger partial charge in [0.15, 0.2) is 0 Å². The zero-order chi connectivity index (χ0) is 18.4. The molecule has 0 aliphatic rings. The molecule has 0 fully saturated rings. The number of anilines is 1. The monoisotopic (exact) mass is 359 g/mol. The molecule has 2 amide bonds. The molecule has 0 aliphatic heterocycles. The van der Waals surface area contributed by atoms with Crippen LogP contribution in [0.3, 0.4) is 0 Å². The number of rotatable bonds is 5. The van der Waals surface area contributed by atoms with E-state index in [-0.39, 0.29) is 16.6 Å². The zero-order valence-electron chi connectivity index (χ0n) is 13.2. The smallest absolute Gasteiger partial charge is 0.288 e. The molecule has 0 atom stereocenters. The molecule has 8 heteroatoms. The van der Waals surface area contributed by atoms with Crippen LogP contribution in [0, 0.1) is 10.1 Å². The number of amides is 2. The lowest BCUT2D eigenvalue weighted by Crippen LogP contribution is -2.17. The summed E-state index contributed by atoms with van der Waals surface area (Å²) in [6, 6.07) is 10.6. The summed E-state index contributed by atoms with van der Waals surface area (Å²) in [5.74, 6) is -0.632. The summed E-state index contributed by atoms with van der Waals surface area (Å²) in [6.45, 7) is 0. The molecular weight excluding hydrogens is 346 g/mol. The molecule has 2 aromatic carbocycles. The van der Waals surface area contributed by atoms with E-state index in [2.05, 4.69) is 10.6 Å². The third-order valence-electron chi connectivity index (χ3n) is 3.24. The van der Waals surface area contributed by atoms with E-state index in [1.54, 1.807) is 30.3 Å². The highest BCUT2D eigenvalue weighted by Crippen LogP contribution is 2.25. The van der Waals surface area contributed by atoms with Gasteiger partial charge in [0.05, 0.1) is 4.92 Å². The lowest BCUT2D eigenvalue weighted by Gasteiger charge is -2.04. The highest BCUT2D eigenvalue weighted by atomic mass is 35.5. The van der Waals surface area contributed by atoms with Gasteiger partial charge in [-0.1, -0.05) is 17.7 Å². The topological polar surface area (TPSA) is 101 Å². The van der Waals surface area contributed by atoms with Gasteiger partial charge in [-0.25, -0.2) is 0 Å². The maximum Gasteiger partial charge on any atom is 0.288 e. The second-order valence-corrected chi connectivity index (χ2v) is 5.35. The fourth-order valence-electron chi connectivity index (χ4n) is 1.98. The third kappa shape index (κ3) is 4.89. The molecule has 25 heavy (non-hydrogen) atoms.